The highest BCUT2D eigenvalue weighted by Gasteiger charge is 2.29. The molecule has 0 aromatic heterocycles. The smallest absolute Gasteiger partial charge is 0.230 e. The Balaban J connectivity index is 1.72. The molecule has 2 rings (SSSR count). The molecule has 22 heavy (non-hydrogen) atoms. The number of nitrogens with one attached hydrogen (secondary N) is 1. The van der Waals surface area contributed by atoms with E-state index in [1.807, 2.05) is 7.05 Å². The molecule has 122 valence electrons. The maximum atomic E-state index is 12.0. The molecule has 1 amide bonds. The van der Waals surface area contributed by atoms with E-state index in [1.165, 1.54) is 16.7 Å². The Morgan fingerprint density at radius 2 is 2.05 bits per heavy atom. The van der Waals surface area contributed by atoms with Crippen molar-refractivity contribution < 1.29 is 9.90 Å². The lowest BCUT2D eigenvalue weighted by atomic mass is 10.1. The fraction of sp³-hybridized carbons (Fsp3) is 0.588. The first kappa shape index (κ1) is 17.3. The standard InChI is InChI=1S/C17H26N2O2S/c1-12-4-13(2)6-14(5-12)10-22-11-17(21)18-15-7-16(9-20)19(3)8-15/h4-6,15-16,20H,7-11H2,1-3H3,(H,18,21)/t15-,16+/m1/s1. The summed E-state index contributed by atoms with van der Waals surface area (Å²) in [6, 6.07) is 6.85. The number of aliphatic hydroxyl groups is 1. The number of benzene rings is 1. The molecule has 1 aliphatic heterocycles. The van der Waals surface area contributed by atoms with E-state index in [-0.39, 0.29) is 24.6 Å². The quantitative estimate of drug-likeness (QED) is 0.837. The zero-order valence-corrected chi connectivity index (χ0v) is 14.4. The number of aryl methyl sites for hydroxylation is 2. The molecular weight excluding hydrogens is 296 g/mol. The van der Waals surface area contributed by atoms with Gasteiger partial charge in [0.2, 0.25) is 5.91 Å². The second-order valence-electron chi connectivity index (χ2n) is 6.26. The Hall–Kier alpha value is -1.04. The molecule has 1 aromatic rings. The average molecular weight is 322 g/mol. The summed E-state index contributed by atoms with van der Waals surface area (Å²) in [5.74, 6) is 1.43. The summed E-state index contributed by atoms with van der Waals surface area (Å²) in [4.78, 5) is 14.1. The SMILES string of the molecule is Cc1cc(C)cc(CSCC(=O)N[C@@H]2C[C@@H](CO)N(C)C2)c1. The fourth-order valence-electron chi connectivity index (χ4n) is 3.08. The number of likely N-dealkylation sites (N-methyl/N-ethyl adjacent to an activating group) is 1. The predicted molar refractivity (Wildman–Crippen MR) is 92.1 cm³/mol. The van der Waals surface area contributed by atoms with Crippen molar-refractivity contribution in [1.29, 1.82) is 0 Å². The molecule has 0 aliphatic carbocycles. The van der Waals surface area contributed by atoms with Crippen LogP contribution in [0.15, 0.2) is 18.2 Å². The van der Waals surface area contributed by atoms with Crippen molar-refractivity contribution in [3.05, 3.63) is 34.9 Å². The van der Waals surface area contributed by atoms with Gasteiger partial charge >= 0.3 is 0 Å². The van der Waals surface area contributed by atoms with Gasteiger partial charge in [0.15, 0.2) is 0 Å². The Morgan fingerprint density at radius 3 is 2.64 bits per heavy atom. The molecule has 1 saturated heterocycles. The summed E-state index contributed by atoms with van der Waals surface area (Å²) >= 11 is 1.65. The molecule has 1 aromatic carbocycles. The Bertz CT molecular complexity index is 501. The predicted octanol–water partition coefficient (Wildman–Crippen LogP) is 1.72. The van der Waals surface area contributed by atoms with E-state index in [1.54, 1.807) is 11.8 Å². The topological polar surface area (TPSA) is 52.6 Å². The van der Waals surface area contributed by atoms with Crippen LogP contribution >= 0.6 is 11.8 Å². The lowest BCUT2D eigenvalue weighted by Crippen LogP contribution is -2.37. The van der Waals surface area contributed by atoms with Gasteiger partial charge in [-0.3, -0.25) is 9.69 Å². The first-order valence-corrected chi connectivity index (χ1v) is 8.88. The van der Waals surface area contributed by atoms with E-state index >= 15 is 0 Å². The molecule has 0 unspecified atom stereocenters. The fourth-order valence-corrected chi connectivity index (χ4v) is 3.85. The van der Waals surface area contributed by atoms with Crippen LogP contribution in [0.1, 0.15) is 23.1 Å². The second-order valence-corrected chi connectivity index (χ2v) is 7.25. The molecule has 2 atom stereocenters. The number of rotatable bonds is 6. The number of hydrogen-bond donors (Lipinski definition) is 2. The van der Waals surface area contributed by atoms with Crippen molar-refractivity contribution in [1.82, 2.24) is 10.2 Å². The van der Waals surface area contributed by atoms with Gasteiger partial charge in [0.25, 0.3) is 0 Å². The first-order chi connectivity index (χ1) is 10.5. The molecule has 2 N–H and O–H groups in total. The molecule has 4 nitrogen and oxygen atoms in total. The van der Waals surface area contributed by atoms with E-state index in [2.05, 4.69) is 42.3 Å². The molecule has 0 radical (unpaired) electrons. The normalized spacial score (nSPS) is 22.0. The highest BCUT2D eigenvalue weighted by molar-refractivity contribution is 7.99. The summed E-state index contributed by atoms with van der Waals surface area (Å²) in [6.07, 6.45) is 0.834. The highest BCUT2D eigenvalue weighted by atomic mass is 32.2. The van der Waals surface area contributed by atoms with Gasteiger partial charge in [-0.2, -0.15) is 0 Å². The third kappa shape index (κ3) is 5.00. The number of hydrogen-bond acceptors (Lipinski definition) is 4. The zero-order chi connectivity index (χ0) is 16.1. The van der Waals surface area contributed by atoms with Crippen LogP contribution in [-0.2, 0) is 10.5 Å². The van der Waals surface area contributed by atoms with Gasteiger partial charge in [0, 0.05) is 24.4 Å². The number of aliphatic hydroxyl groups excluding tert-OH is 1. The maximum Gasteiger partial charge on any atom is 0.230 e. The van der Waals surface area contributed by atoms with Gasteiger partial charge in [-0.1, -0.05) is 29.3 Å². The summed E-state index contributed by atoms with van der Waals surface area (Å²) in [5.41, 5.74) is 3.81. The molecule has 0 saturated carbocycles. The largest absolute Gasteiger partial charge is 0.395 e. The zero-order valence-electron chi connectivity index (χ0n) is 13.6. The summed E-state index contributed by atoms with van der Waals surface area (Å²) < 4.78 is 0. The molecule has 1 fully saturated rings. The number of carbonyl (C=O) groups excluding carboxylic acids is 1. The van der Waals surface area contributed by atoms with Crippen molar-refractivity contribution in [2.45, 2.75) is 38.1 Å². The van der Waals surface area contributed by atoms with E-state index in [9.17, 15) is 9.90 Å². The van der Waals surface area contributed by atoms with Crippen LogP contribution in [0, 0.1) is 13.8 Å². The molecule has 5 heteroatoms. The van der Waals surface area contributed by atoms with Crippen molar-refractivity contribution in [3.8, 4) is 0 Å². The molecular formula is C17H26N2O2S. The van der Waals surface area contributed by atoms with E-state index in [0.29, 0.717) is 5.75 Å². The lowest BCUT2D eigenvalue weighted by molar-refractivity contribution is -0.119. The van der Waals surface area contributed by atoms with Crippen molar-refractivity contribution >= 4 is 17.7 Å². The van der Waals surface area contributed by atoms with Gasteiger partial charge in [-0.05, 0) is 32.9 Å². The Morgan fingerprint density at radius 1 is 1.36 bits per heavy atom. The van der Waals surface area contributed by atoms with E-state index < -0.39 is 0 Å². The number of thioether (sulfide) groups is 1. The maximum absolute atomic E-state index is 12.0. The van der Waals surface area contributed by atoms with Crippen LogP contribution in [0.2, 0.25) is 0 Å². The van der Waals surface area contributed by atoms with Crippen LogP contribution in [0.3, 0.4) is 0 Å². The second kappa shape index (κ2) is 7.99. The van der Waals surface area contributed by atoms with Crippen molar-refractivity contribution in [3.63, 3.8) is 0 Å². The van der Waals surface area contributed by atoms with Crippen LogP contribution in [0.5, 0.6) is 0 Å². The third-order valence-corrected chi connectivity index (χ3v) is 5.05. The third-order valence-electron chi connectivity index (χ3n) is 4.05. The molecule has 1 aliphatic rings. The first-order valence-electron chi connectivity index (χ1n) is 7.73. The van der Waals surface area contributed by atoms with Crippen LogP contribution in [-0.4, -0.2) is 53.9 Å². The minimum absolute atomic E-state index is 0.0892. The Labute approximate surface area is 137 Å². The van der Waals surface area contributed by atoms with Crippen molar-refractivity contribution in [2.75, 3.05) is 26.0 Å². The average Bonchev–Trinajstić information content (AvgIpc) is 2.77. The van der Waals surface area contributed by atoms with Gasteiger partial charge < -0.3 is 10.4 Å². The number of likely N-dealkylation sites (tertiary alicyclic amines) is 1. The summed E-state index contributed by atoms with van der Waals surface area (Å²) in [5, 5.41) is 12.3. The summed E-state index contributed by atoms with van der Waals surface area (Å²) in [6.45, 7) is 5.17. The van der Waals surface area contributed by atoms with Gasteiger partial charge in [0.05, 0.1) is 12.4 Å². The minimum atomic E-state index is 0.0892. The molecule has 0 bridgehead atoms. The van der Waals surface area contributed by atoms with E-state index in [4.69, 9.17) is 0 Å². The van der Waals surface area contributed by atoms with Gasteiger partial charge in [0.1, 0.15) is 0 Å². The van der Waals surface area contributed by atoms with Gasteiger partial charge in [-0.25, -0.2) is 0 Å². The van der Waals surface area contributed by atoms with Crippen molar-refractivity contribution in [2.24, 2.45) is 0 Å². The summed E-state index contributed by atoms with van der Waals surface area (Å²) in [7, 11) is 1.99. The minimum Gasteiger partial charge on any atom is -0.395 e. The molecule has 1 heterocycles. The van der Waals surface area contributed by atoms with Crippen LogP contribution in [0.4, 0.5) is 0 Å². The van der Waals surface area contributed by atoms with Gasteiger partial charge in [-0.15, -0.1) is 11.8 Å². The highest BCUT2D eigenvalue weighted by Crippen LogP contribution is 2.17. The lowest BCUT2D eigenvalue weighted by Gasteiger charge is -2.15. The van der Waals surface area contributed by atoms with E-state index in [0.717, 1.165) is 18.7 Å². The van der Waals surface area contributed by atoms with Crippen LogP contribution < -0.4 is 5.32 Å². The monoisotopic (exact) mass is 322 g/mol. The number of amides is 1. The van der Waals surface area contributed by atoms with Crippen LogP contribution in [0.25, 0.3) is 0 Å². The Kier molecular flexibility index (Phi) is 6.29. The number of nitrogens with zero attached hydrogens (tertiary/aromatic N) is 1. The molecule has 0 spiro atoms. The number of carbonyl (C=O) groups is 1.